The van der Waals surface area contributed by atoms with Gasteiger partial charge in [0.05, 0.1) is 0 Å². The zero-order valence-electron chi connectivity index (χ0n) is 13.1. The first-order valence-corrected chi connectivity index (χ1v) is 7.29. The Bertz CT molecular complexity index is 578. The van der Waals surface area contributed by atoms with E-state index >= 15 is 0 Å². The van der Waals surface area contributed by atoms with Crippen LogP contribution < -0.4 is 11.1 Å². The standard InChI is InChI=1S/C16H23N5.HI/c1-13(2)14-6-3-7-15(12-14)20-16(17)18-8-4-10-21-11-5-9-19-21;/h3,5-7,9,11-13H,4,8,10H2,1-2H3,(H3,17,18,20);1H. The highest BCUT2D eigenvalue weighted by atomic mass is 127. The minimum atomic E-state index is 0. The Morgan fingerprint density at radius 2 is 2.18 bits per heavy atom. The third kappa shape index (κ3) is 6.05. The Morgan fingerprint density at radius 1 is 1.36 bits per heavy atom. The molecule has 0 aliphatic heterocycles. The molecule has 2 rings (SSSR count). The maximum atomic E-state index is 5.91. The van der Waals surface area contributed by atoms with Gasteiger partial charge in [-0.1, -0.05) is 26.0 Å². The molecule has 120 valence electrons. The summed E-state index contributed by atoms with van der Waals surface area (Å²) in [6.45, 7) is 5.88. The van der Waals surface area contributed by atoms with Crippen LogP contribution in [0.25, 0.3) is 0 Å². The van der Waals surface area contributed by atoms with Crippen LogP contribution in [-0.2, 0) is 6.54 Å². The Labute approximate surface area is 149 Å². The van der Waals surface area contributed by atoms with Crippen molar-refractivity contribution >= 4 is 35.6 Å². The van der Waals surface area contributed by atoms with Crippen molar-refractivity contribution in [2.75, 3.05) is 11.9 Å². The van der Waals surface area contributed by atoms with E-state index in [0.29, 0.717) is 18.4 Å². The van der Waals surface area contributed by atoms with E-state index in [1.165, 1.54) is 5.56 Å². The van der Waals surface area contributed by atoms with Crippen molar-refractivity contribution in [3.05, 3.63) is 48.3 Å². The zero-order valence-corrected chi connectivity index (χ0v) is 15.4. The van der Waals surface area contributed by atoms with Crippen LogP contribution in [0.5, 0.6) is 0 Å². The largest absolute Gasteiger partial charge is 0.370 e. The molecule has 0 radical (unpaired) electrons. The molecule has 1 aromatic carbocycles. The Hall–Kier alpha value is -1.57. The third-order valence-electron chi connectivity index (χ3n) is 3.21. The lowest BCUT2D eigenvalue weighted by atomic mass is 10.0. The molecule has 0 saturated carbocycles. The van der Waals surface area contributed by atoms with E-state index in [0.717, 1.165) is 18.7 Å². The molecule has 0 amide bonds. The highest BCUT2D eigenvalue weighted by Gasteiger charge is 2.01. The first kappa shape index (κ1) is 18.5. The first-order valence-electron chi connectivity index (χ1n) is 7.29. The van der Waals surface area contributed by atoms with Crippen LogP contribution in [0, 0.1) is 0 Å². The number of aromatic nitrogens is 2. The minimum Gasteiger partial charge on any atom is -0.370 e. The summed E-state index contributed by atoms with van der Waals surface area (Å²) in [6.07, 6.45) is 4.64. The van der Waals surface area contributed by atoms with Crippen molar-refractivity contribution < 1.29 is 0 Å². The molecule has 0 fully saturated rings. The van der Waals surface area contributed by atoms with E-state index in [4.69, 9.17) is 5.73 Å². The monoisotopic (exact) mass is 413 g/mol. The number of aliphatic imine (C=N–C) groups is 1. The van der Waals surface area contributed by atoms with Gasteiger partial charge >= 0.3 is 0 Å². The molecule has 0 bridgehead atoms. The lowest BCUT2D eigenvalue weighted by Gasteiger charge is -2.10. The second kappa shape index (κ2) is 9.45. The van der Waals surface area contributed by atoms with Gasteiger partial charge in [-0.25, -0.2) is 0 Å². The van der Waals surface area contributed by atoms with Crippen molar-refractivity contribution in [3.8, 4) is 0 Å². The van der Waals surface area contributed by atoms with Crippen LogP contribution in [0.4, 0.5) is 5.69 Å². The van der Waals surface area contributed by atoms with E-state index in [1.807, 2.05) is 29.1 Å². The quantitative estimate of drug-likeness (QED) is 0.330. The number of guanidine groups is 1. The average molecular weight is 413 g/mol. The molecular weight excluding hydrogens is 389 g/mol. The molecule has 1 aromatic heterocycles. The molecule has 0 atom stereocenters. The lowest BCUT2D eigenvalue weighted by molar-refractivity contribution is 0.585. The smallest absolute Gasteiger partial charge is 0.193 e. The predicted octanol–water partition coefficient (Wildman–Crippen LogP) is 3.44. The van der Waals surface area contributed by atoms with Crippen LogP contribution in [0.15, 0.2) is 47.7 Å². The Morgan fingerprint density at radius 3 is 2.86 bits per heavy atom. The summed E-state index contributed by atoms with van der Waals surface area (Å²) < 4.78 is 1.89. The molecule has 2 aromatic rings. The molecule has 1 heterocycles. The van der Waals surface area contributed by atoms with Gasteiger partial charge in [-0.2, -0.15) is 5.10 Å². The van der Waals surface area contributed by atoms with E-state index < -0.39 is 0 Å². The zero-order chi connectivity index (χ0) is 15.1. The number of hydrogen-bond acceptors (Lipinski definition) is 2. The van der Waals surface area contributed by atoms with Gasteiger partial charge in [-0.15, -0.1) is 24.0 Å². The highest BCUT2D eigenvalue weighted by Crippen LogP contribution is 2.18. The molecule has 0 aliphatic rings. The molecule has 22 heavy (non-hydrogen) atoms. The second-order valence-electron chi connectivity index (χ2n) is 5.29. The van der Waals surface area contributed by atoms with Crippen molar-refractivity contribution in [1.29, 1.82) is 0 Å². The minimum absolute atomic E-state index is 0. The third-order valence-corrected chi connectivity index (χ3v) is 3.21. The summed E-state index contributed by atoms with van der Waals surface area (Å²) in [6, 6.07) is 10.2. The summed E-state index contributed by atoms with van der Waals surface area (Å²) in [5.74, 6) is 0.954. The number of anilines is 1. The topological polar surface area (TPSA) is 68.2 Å². The van der Waals surface area contributed by atoms with Crippen LogP contribution in [0.2, 0.25) is 0 Å². The molecular formula is C16H24IN5. The van der Waals surface area contributed by atoms with Gasteiger partial charge in [0.2, 0.25) is 0 Å². The van der Waals surface area contributed by atoms with E-state index in [2.05, 4.69) is 41.4 Å². The van der Waals surface area contributed by atoms with Gasteiger partial charge < -0.3 is 11.1 Å². The summed E-state index contributed by atoms with van der Waals surface area (Å²) in [4.78, 5) is 4.34. The molecule has 0 unspecified atom stereocenters. The molecule has 6 heteroatoms. The van der Waals surface area contributed by atoms with Crippen molar-refractivity contribution in [1.82, 2.24) is 9.78 Å². The van der Waals surface area contributed by atoms with Crippen LogP contribution >= 0.6 is 24.0 Å². The SMILES string of the molecule is CC(C)c1cccc(NC(N)=NCCCn2cccn2)c1.I. The van der Waals surface area contributed by atoms with Crippen LogP contribution in [-0.4, -0.2) is 22.3 Å². The number of nitrogens with one attached hydrogen (secondary N) is 1. The van der Waals surface area contributed by atoms with Crippen molar-refractivity contribution in [2.24, 2.45) is 10.7 Å². The number of hydrogen-bond donors (Lipinski definition) is 2. The number of nitrogens with zero attached hydrogens (tertiary/aromatic N) is 3. The number of nitrogens with two attached hydrogens (primary N) is 1. The van der Waals surface area contributed by atoms with E-state index in [-0.39, 0.29) is 24.0 Å². The summed E-state index contributed by atoms with van der Waals surface area (Å²) >= 11 is 0. The summed E-state index contributed by atoms with van der Waals surface area (Å²) in [7, 11) is 0. The van der Waals surface area contributed by atoms with Crippen LogP contribution in [0.1, 0.15) is 31.7 Å². The summed E-state index contributed by atoms with van der Waals surface area (Å²) in [5, 5.41) is 7.28. The Kier molecular flexibility index (Phi) is 7.94. The molecule has 0 spiro atoms. The van der Waals surface area contributed by atoms with Gasteiger partial charge in [0.15, 0.2) is 5.96 Å². The second-order valence-corrected chi connectivity index (χ2v) is 5.29. The number of halogens is 1. The van der Waals surface area contributed by atoms with Gasteiger partial charge in [-0.3, -0.25) is 9.67 Å². The molecule has 3 N–H and O–H groups in total. The Balaban J connectivity index is 0.00000242. The van der Waals surface area contributed by atoms with Gasteiger partial charge in [0, 0.05) is 31.2 Å². The maximum absolute atomic E-state index is 5.91. The molecule has 0 saturated heterocycles. The lowest BCUT2D eigenvalue weighted by Crippen LogP contribution is -2.23. The fourth-order valence-corrected chi connectivity index (χ4v) is 2.03. The first-order chi connectivity index (χ1) is 10.1. The van der Waals surface area contributed by atoms with Gasteiger partial charge in [0.25, 0.3) is 0 Å². The van der Waals surface area contributed by atoms with Crippen LogP contribution in [0.3, 0.4) is 0 Å². The molecule has 5 nitrogen and oxygen atoms in total. The molecule has 0 aliphatic carbocycles. The van der Waals surface area contributed by atoms with Crippen molar-refractivity contribution in [2.45, 2.75) is 32.7 Å². The number of rotatable bonds is 6. The fraction of sp³-hybridized carbons (Fsp3) is 0.375. The van der Waals surface area contributed by atoms with Gasteiger partial charge in [-0.05, 0) is 36.1 Å². The van der Waals surface area contributed by atoms with E-state index in [9.17, 15) is 0 Å². The fourth-order valence-electron chi connectivity index (χ4n) is 2.03. The number of benzene rings is 1. The van der Waals surface area contributed by atoms with Crippen molar-refractivity contribution in [3.63, 3.8) is 0 Å². The normalized spacial score (nSPS) is 11.3. The highest BCUT2D eigenvalue weighted by molar-refractivity contribution is 14.0. The number of aryl methyl sites for hydroxylation is 1. The maximum Gasteiger partial charge on any atom is 0.193 e. The average Bonchev–Trinajstić information content (AvgIpc) is 2.97. The predicted molar refractivity (Wildman–Crippen MR) is 103 cm³/mol. The summed E-state index contributed by atoms with van der Waals surface area (Å²) in [5.41, 5.74) is 8.17. The van der Waals surface area contributed by atoms with Gasteiger partial charge in [0.1, 0.15) is 0 Å². The van der Waals surface area contributed by atoms with E-state index in [1.54, 1.807) is 6.20 Å².